The van der Waals surface area contributed by atoms with Crippen molar-refractivity contribution in [3.63, 3.8) is 0 Å². The van der Waals surface area contributed by atoms with Gasteiger partial charge in [-0.15, -0.1) is 0 Å². The number of esters is 4. The second-order valence-corrected chi connectivity index (χ2v) is 37.0. The third kappa shape index (κ3) is 29.7. The van der Waals surface area contributed by atoms with Crippen molar-refractivity contribution >= 4 is 23.9 Å². The molecule has 0 aliphatic heterocycles. The molecule has 0 aromatic heterocycles. The zero-order valence-electron chi connectivity index (χ0n) is 73.8. The lowest BCUT2D eigenvalue weighted by Crippen LogP contribution is -2.58. The molecule has 15 nitrogen and oxygen atoms in total. The second-order valence-electron chi connectivity index (χ2n) is 37.0. The Labute approximate surface area is 705 Å². The van der Waals surface area contributed by atoms with E-state index in [-0.39, 0.29) is 66.8 Å². The molecule has 0 amide bonds. The normalized spacial score (nSPS) is 24.4. The molecular weight excluding hydrogens is 1740 g/mol. The molecule has 42 heteroatoms. The third-order valence-electron chi connectivity index (χ3n) is 25.7. The lowest BCUT2D eigenvalue weighted by molar-refractivity contribution is -0.373. The molecule has 0 heterocycles. The van der Waals surface area contributed by atoms with Crippen molar-refractivity contribution in [3.05, 3.63) is 34.9 Å². The van der Waals surface area contributed by atoms with E-state index in [1.165, 1.54) is 27.9 Å². The third-order valence-corrected chi connectivity index (χ3v) is 25.7. The average molecular weight is 1860 g/mol. The monoisotopic (exact) mass is 1860 g/mol. The first-order chi connectivity index (χ1) is 54.6. The summed E-state index contributed by atoms with van der Waals surface area (Å²) in [5, 5.41) is 67.8. The van der Waals surface area contributed by atoms with Crippen molar-refractivity contribution < 1.29 is 192 Å². The van der Waals surface area contributed by atoms with E-state index in [1.54, 1.807) is 62.3 Å². The minimum atomic E-state index is -5.67. The topological polar surface area (TPSA) is 247 Å². The van der Waals surface area contributed by atoms with Crippen molar-refractivity contribution in [2.75, 3.05) is 7.11 Å². The summed E-state index contributed by atoms with van der Waals surface area (Å²) >= 11 is 0. The van der Waals surface area contributed by atoms with Gasteiger partial charge in [-0.05, 0) is 266 Å². The number of ether oxygens (including phenoxy) is 4. The Hall–Kier alpha value is -5.07. The minimum absolute atomic E-state index is 0.0915. The number of rotatable bonds is 23. The van der Waals surface area contributed by atoms with Crippen LogP contribution in [0, 0.1) is 63.1 Å². The van der Waals surface area contributed by atoms with Crippen molar-refractivity contribution in [2.45, 2.75) is 386 Å². The molecule has 4 fully saturated rings. The summed E-state index contributed by atoms with van der Waals surface area (Å²) in [5.74, 6) is -9.04. The first-order valence-electron chi connectivity index (χ1n) is 40.2. The van der Waals surface area contributed by atoms with Gasteiger partial charge < -0.3 is 54.7 Å². The molecule has 4 aliphatic carbocycles. The number of halogens is 27. The van der Waals surface area contributed by atoms with Gasteiger partial charge in [-0.2, -0.15) is 119 Å². The van der Waals surface area contributed by atoms with E-state index < -0.39 is 220 Å². The zero-order chi connectivity index (χ0) is 99.0. The molecule has 14 unspecified atom stereocenters. The van der Waals surface area contributed by atoms with E-state index in [2.05, 4.69) is 4.74 Å². The predicted molar refractivity (Wildman–Crippen MR) is 399 cm³/mol. The van der Waals surface area contributed by atoms with Crippen LogP contribution in [-0.4, -0.2) is 168 Å². The van der Waals surface area contributed by atoms with Crippen LogP contribution in [0.2, 0.25) is 0 Å². The fourth-order valence-corrected chi connectivity index (χ4v) is 13.6. The van der Waals surface area contributed by atoms with Gasteiger partial charge in [0.05, 0.1) is 28.8 Å². The first-order valence-corrected chi connectivity index (χ1v) is 40.2. The summed E-state index contributed by atoms with van der Waals surface area (Å²) in [6.07, 6.45) is -47.9. The Balaban J connectivity index is 0.00000150. The lowest BCUT2D eigenvalue weighted by atomic mass is 9.67. The van der Waals surface area contributed by atoms with Gasteiger partial charge in [0.15, 0.2) is 33.6 Å². The number of alkyl halides is 27. The highest BCUT2D eigenvalue weighted by Gasteiger charge is 2.72. The molecule has 0 saturated heterocycles. The number of aliphatic hydroxyl groups is 7. The quantitative estimate of drug-likeness (QED) is 0.0306. The van der Waals surface area contributed by atoms with Gasteiger partial charge in [-0.3, -0.25) is 19.2 Å². The fraction of sp³-hybridized carbons (Fsp3) is 0.878. The van der Waals surface area contributed by atoms with Crippen molar-refractivity contribution in [1.82, 2.24) is 0 Å². The number of methoxy groups -OCH3 is 1. The van der Waals surface area contributed by atoms with Crippen LogP contribution in [0.25, 0.3) is 0 Å². The standard InChI is InChI=1S/C18H28F6O4.C18H28F6O3.C16H20F6O2.C12H21F3O3.C11H14F6O.C7H14O2/c1-6-14(2,3)13(25)28-12-8-10(15(4,26)17(19,20)21)7-11(9-12)16(5,27)18(22,23)24;1-6-14(2,3)13(25)27-16(5,18(22,23)24)12-9-7-11(8-10-12)15(4,26)17(19,20)21;1-5-9(2)10-6-11(13(3,23)15(17,18)19)8-12(7-10)14(4,24)16(20,21)22;1-6-10(3,4)9(16)18-8(2)7-11(5,17)12(13,14)15;12-10(13,14)9(18,11(15,16)17)5-8-4-6-1-2-7(8)3-6;1-5-7(2,3)6(8)9-4/h10-12,26-27H,6-9H2,1-5H3;11-12,26H,6-10H2,1-5H3;6-9,23-24H,5H2,1-4H3;8,17H,6-7H2,1-5H3;6-8,18H,1-5H2;5H2,1-4H3. The highest BCUT2D eigenvalue weighted by Crippen LogP contribution is 2.58. The molecule has 2 bridgehead atoms. The van der Waals surface area contributed by atoms with E-state index in [4.69, 9.17) is 19.3 Å². The molecule has 5 rings (SSSR count). The second kappa shape index (κ2) is 41.6. The highest BCUT2D eigenvalue weighted by atomic mass is 19.4. The molecule has 0 spiro atoms. The van der Waals surface area contributed by atoms with Gasteiger partial charge in [0.1, 0.15) is 12.2 Å². The van der Waals surface area contributed by atoms with Crippen LogP contribution in [0.3, 0.4) is 0 Å². The Morgan fingerprint density at radius 1 is 0.387 bits per heavy atom. The summed E-state index contributed by atoms with van der Waals surface area (Å²) in [6.45, 7) is 28.9. The molecule has 14 atom stereocenters. The number of carbonyl (C=O) groups excluding carboxylic acids is 4. The maximum absolute atomic E-state index is 13.8. The van der Waals surface area contributed by atoms with Gasteiger partial charge >= 0.3 is 79.5 Å². The summed E-state index contributed by atoms with van der Waals surface area (Å²) < 4.78 is 370. The Bertz CT molecular complexity index is 3440. The summed E-state index contributed by atoms with van der Waals surface area (Å²) in [6, 6.07) is 2.60. The average Bonchev–Trinajstić information content (AvgIpc) is 0.810. The number of benzene rings is 1. The van der Waals surface area contributed by atoms with Gasteiger partial charge in [0, 0.05) is 24.2 Å². The largest absolute Gasteiger partial charge is 0.469 e. The fourth-order valence-electron chi connectivity index (χ4n) is 13.6. The maximum atomic E-state index is 13.8. The van der Waals surface area contributed by atoms with Crippen LogP contribution < -0.4 is 0 Å². The molecule has 1 aromatic rings. The Morgan fingerprint density at radius 3 is 1.02 bits per heavy atom. The zero-order valence-corrected chi connectivity index (χ0v) is 73.8. The van der Waals surface area contributed by atoms with Crippen molar-refractivity contribution in [1.29, 1.82) is 0 Å². The number of hydrogen-bond donors (Lipinski definition) is 7. The van der Waals surface area contributed by atoms with Crippen LogP contribution in [0.1, 0.15) is 291 Å². The molecule has 124 heavy (non-hydrogen) atoms. The van der Waals surface area contributed by atoms with Gasteiger partial charge in [-0.1, -0.05) is 60.1 Å². The van der Waals surface area contributed by atoms with E-state index >= 15 is 0 Å². The summed E-state index contributed by atoms with van der Waals surface area (Å²) in [4.78, 5) is 47.0. The van der Waals surface area contributed by atoms with Gasteiger partial charge in [-0.25, -0.2) is 0 Å². The van der Waals surface area contributed by atoms with Crippen molar-refractivity contribution in [3.8, 4) is 0 Å². The minimum Gasteiger partial charge on any atom is -0.469 e. The highest BCUT2D eigenvalue weighted by molar-refractivity contribution is 5.77. The van der Waals surface area contributed by atoms with Crippen molar-refractivity contribution in [2.24, 2.45) is 63.1 Å². The van der Waals surface area contributed by atoms with Crippen LogP contribution >= 0.6 is 0 Å². The van der Waals surface area contributed by atoms with E-state index in [9.17, 15) is 168 Å². The van der Waals surface area contributed by atoms with E-state index in [0.717, 1.165) is 31.9 Å². The van der Waals surface area contributed by atoms with Crippen LogP contribution in [0.4, 0.5) is 119 Å². The molecule has 0 radical (unpaired) electrons. The van der Waals surface area contributed by atoms with E-state index in [0.29, 0.717) is 86.1 Å². The number of carbonyl (C=O) groups is 4. The maximum Gasteiger partial charge on any atom is 0.428 e. The Kier molecular flexibility index (Phi) is 39.9. The molecule has 7 N–H and O–H groups in total. The molecular formula is C82H125F27O15. The molecule has 1 aromatic carbocycles. The van der Waals surface area contributed by atoms with E-state index in [1.807, 2.05) is 20.8 Å². The summed E-state index contributed by atoms with van der Waals surface area (Å²) in [7, 11) is 1.42. The lowest BCUT2D eigenvalue weighted by Gasteiger charge is -2.46. The SMILES string of the molecule is CCC(C)(C)C(=O)OC.CCC(C)(C)C(=O)OC(C)(C1CCC(C(C)(O)C(F)(F)F)CC1)C(F)(F)F.CCC(C)(C)C(=O)OC(C)CC(C)(O)C(F)(F)F.CCC(C)(C)C(=O)OC1CC(C(C)(O)C(F)(F)F)CC(C(C)(O)C(F)(F)F)C1.CCC(C)c1cc(C(C)(O)C(F)(F)F)cc(C(C)(O)C(F)(F)F)c1.OC(CC1CC2CCC1C2)(C(F)(F)F)C(F)(F)F. The van der Waals surface area contributed by atoms with Crippen LogP contribution in [0.15, 0.2) is 18.2 Å². The van der Waals surface area contributed by atoms with Crippen LogP contribution in [-0.2, 0) is 49.3 Å². The molecule has 732 valence electrons. The smallest absolute Gasteiger partial charge is 0.428 e. The predicted octanol–water partition coefficient (Wildman–Crippen LogP) is 22.8. The number of fused-ring (bicyclic) bond motifs is 2. The molecule has 4 aliphatic rings. The Morgan fingerprint density at radius 2 is 0.734 bits per heavy atom. The first kappa shape index (κ1) is 119. The molecule has 4 saturated carbocycles. The van der Waals surface area contributed by atoms with Gasteiger partial charge in [0.2, 0.25) is 5.60 Å². The summed E-state index contributed by atoms with van der Waals surface area (Å²) in [5.41, 5.74) is -30.9. The van der Waals surface area contributed by atoms with Gasteiger partial charge in [0.25, 0.3) is 5.60 Å². The number of hydrogen-bond acceptors (Lipinski definition) is 15. The van der Waals surface area contributed by atoms with Crippen LogP contribution in [0.5, 0.6) is 0 Å².